The van der Waals surface area contributed by atoms with E-state index in [2.05, 4.69) is 34.9 Å². The number of hydrogen-bond acceptors (Lipinski definition) is 2. The van der Waals surface area contributed by atoms with Crippen LogP contribution in [0.25, 0.3) is 11.3 Å². The van der Waals surface area contributed by atoms with E-state index in [0.717, 1.165) is 19.1 Å². The van der Waals surface area contributed by atoms with Crippen molar-refractivity contribution in [2.24, 2.45) is 0 Å². The lowest BCUT2D eigenvalue weighted by atomic mass is 10.1. The second-order valence-electron chi connectivity index (χ2n) is 4.63. The molecular formula is C15H16BrFN2O. The van der Waals surface area contributed by atoms with E-state index >= 15 is 0 Å². The molecule has 0 amide bonds. The van der Waals surface area contributed by atoms with E-state index in [4.69, 9.17) is 0 Å². The second kappa shape index (κ2) is 6.31. The molecule has 106 valence electrons. The molecule has 0 unspecified atom stereocenters. The first-order valence-corrected chi connectivity index (χ1v) is 7.39. The van der Waals surface area contributed by atoms with Crippen molar-refractivity contribution in [3.63, 3.8) is 0 Å². The molecule has 3 nitrogen and oxygen atoms in total. The minimum Gasteiger partial charge on any atom is -0.298 e. The third kappa shape index (κ3) is 2.82. The molecule has 0 saturated carbocycles. The van der Waals surface area contributed by atoms with E-state index in [1.54, 1.807) is 23.0 Å². The van der Waals surface area contributed by atoms with Crippen LogP contribution in [0.1, 0.15) is 43.1 Å². The van der Waals surface area contributed by atoms with Gasteiger partial charge in [0, 0.05) is 16.2 Å². The highest BCUT2D eigenvalue weighted by molar-refractivity contribution is 9.10. The van der Waals surface area contributed by atoms with Gasteiger partial charge in [0.05, 0.1) is 11.6 Å². The highest BCUT2D eigenvalue weighted by atomic mass is 79.9. The van der Waals surface area contributed by atoms with Gasteiger partial charge in [0.1, 0.15) is 11.5 Å². The fraction of sp³-hybridized carbons (Fsp3) is 0.333. The standard InChI is InChI=1S/C15H16BrFN2O/c1-3-12(4-2)19-8-10(9-20)15(18-19)13-6-5-11(16)7-14(13)17/h5-9,12H,3-4H2,1-2H3. The van der Waals surface area contributed by atoms with Crippen LogP contribution in [0.15, 0.2) is 28.9 Å². The first-order valence-electron chi connectivity index (χ1n) is 6.60. The van der Waals surface area contributed by atoms with Gasteiger partial charge in [-0.05, 0) is 31.0 Å². The summed E-state index contributed by atoms with van der Waals surface area (Å²) >= 11 is 3.22. The van der Waals surface area contributed by atoms with Crippen LogP contribution >= 0.6 is 15.9 Å². The number of carbonyl (C=O) groups is 1. The predicted octanol–water partition coefficient (Wildman–Crippen LogP) is 4.63. The fourth-order valence-electron chi connectivity index (χ4n) is 2.23. The van der Waals surface area contributed by atoms with Gasteiger partial charge in [-0.1, -0.05) is 29.8 Å². The lowest BCUT2D eigenvalue weighted by Crippen LogP contribution is -2.07. The van der Waals surface area contributed by atoms with Gasteiger partial charge in [0.15, 0.2) is 6.29 Å². The first-order chi connectivity index (χ1) is 9.60. The van der Waals surface area contributed by atoms with E-state index < -0.39 is 5.82 Å². The van der Waals surface area contributed by atoms with Gasteiger partial charge in [-0.15, -0.1) is 0 Å². The molecule has 0 aliphatic rings. The summed E-state index contributed by atoms with van der Waals surface area (Å²) in [6, 6.07) is 4.97. The Bertz CT molecular complexity index is 620. The summed E-state index contributed by atoms with van der Waals surface area (Å²) in [5.41, 5.74) is 1.16. The van der Waals surface area contributed by atoms with Gasteiger partial charge in [-0.3, -0.25) is 9.48 Å². The van der Waals surface area contributed by atoms with Crippen LogP contribution in [-0.4, -0.2) is 16.1 Å². The summed E-state index contributed by atoms with van der Waals surface area (Å²) in [5.74, 6) is -0.391. The van der Waals surface area contributed by atoms with Crippen LogP contribution in [0, 0.1) is 5.82 Å². The zero-order valence-electron chi connectivity index (χ0n) is 11.4. The highest BCUT2D eigenvalue weighted by Gasteiger charge is 2.17. The third-order valence-corrected chi connectivity index (χ3v) is 3.88. The van der Waals surface area contributed by atoms with Crippen molar-refractivity contribution >= 4 is 22.2 Å². The van der Waals surface area contributed by atoms with Crippen LogP contribution in [0.2, 0.25) is 0 Å². The van der Waals surface area contributed by atoms with Crippen molar-refractivity contribution in [1.82, 2.24) is 9.78 Å². The van der Waals surface area contributed by atoms with Gasteiger partial charge in [0.25, 0.3) is 0 Å². The molecule has 0 fully saturated rings. The molecule has 0 bridgehead atoms. The Morgan fingerprint density at radius 1 is 1.40 bits per heavy atom. The Hall–Kier alpha value is -1.49. The van der Waals surface area contributed by atoms with Crippen LogP contribution < -0.4 is 0 Å². The topological polar surface area (TPSA) is 34.9 Å². The van der Waals surface area contributed by atoms with Crippen molar-refractivity contribution in [2.45, 2.75) is 32.7 Å². The molecule has 0 spiro atoms. The average molecular weight is 339 g/mol. The van der Waals surface area contributed by atoms with E-state index in [1.165, 1.54) is 6.07 Å². The number of aromatic nitrogens is 2. The van der Waals surface area contributed by atoms with E-state index in [9.17, 15) is 9.18 Å². The fourth-order valence-corrected chi connectivity index (χ4v) is 2.57. The van der Waals surface area contributed by atoms with Gasteiger partial charge >= 0.3 is 0 Å². The molecule has 0 radical (unpaired) electrons. The first kappa shape index (κ1) is 14.9. The number of hydrogen-bond donors (Lipinski definition) is 0. The van der Waals surface area contributed by atoms with Crippen LogP contribution in [-0.2, 0) is 0 Å². The van der Waals surface area contributed by atoms with E-state index in [0.29, 0.717) is 21.3 Å². The third-order valence-electron chi connectivity index (χ3n) is 3.39. The minimum absolute atomic E-state index is 0.223. The molecule has 0 atom stereocenters. The van der Waals surface area contributed by atoms with Crippen molar-refractivity contribution in [1.29, 1.82) is 0 Å². The number of benzene rings is 1. The molecule has 0 aliphatic heterocycles. The number of carbonyl (C=O) groups excluding carboxylic acids is 1. The van der Waals surface area contributed by atoms with Gasteiger partial charge in [0.2, 0.25) is 0 Å². The summed E-state index contributed by atoms with van der Waals surface area (Å²) in [6.45, 7) is 4.13. The smallest absolute Gasteiger partial charge is 0.153 e. The molecule has 1 aromatic carbocycles. The Labute approximate surface area is 125 Å². The molecule has 5 heteroatoms. The number of halogens is 2. The van der Waals surface area contributed by atoms with Crippen LogP contribution in [0.4, 0.5) is 4.39 Å². The Morgan fingerprint density at radius 2 is 2.10 bits per heavy atom. The summed E-state index contributed by atoms with van der Waals surface area (Å²) in [7, 11) is 0. The molecule has 0 saturated heterocycles. The van der Waals surface area contributed by atoms with Crippen LogP contribution in [0.3, 0.4) is 0 Å². The lowest BCUT2D eigenvalue weighted by molar-refractivity contribution is 0.112. The Kier molecular flexibility index (Phi) is 4.70. The second-order valence-corrected chi connectivity index (χ2v) is 5.54. The van der Waals surface area contributed by atoms with E-state index in [1.807, 2.05) is 0 Å². The molecule has 2 rings (SSSR count). The lowest BCUT2D eigenvalue weighted by Gasteiger charge is -2.12. The molecule has 0 N–H and O–H groups in total. The molecule has 1 aromatic heterocycles. The van der Waals surface area contributed by atoms with E-state index in [-0.39, 0.29) is 6.04 Å². The number of aldehydes is 1. The normalized spacial score (nSPS) is 11.1. The van der Waals surface area contributed by atoms with Crippen molar-refractivity contribution < 1.29 is 9.18 Å². The Morgan fingerprint density at radius 3 is 2.65 bits per heavy atom. The minimum atomic E-state index is -0.391. The van der Waals surface area contributed by atoms with Crippen LogP contribution in [0.5, 0.6) is 0 Å². The molecular weight excluding hydrogens is 323 g/mol. The maximum Gasteiger partial charge on any atom is 0.153 e. The largest absolute Gasteiger partial charge is 0.298 e. The molecule has 1 heterocycles. The van der Waals surface area contributed by atoms with Crippen molar-refractivity contribution in [2.75, 3.05) is 0 Å². The summed E-state index contributed by atoms with van der Waals surface area (Å²) in [4.78, 5) is 11.2. The number of rotatable bonds is 5. The summed E-state index contributed by atoms with van der Waals surface area (Å²) < 4.78 is 16.5. The average Bonchev–Trinajstić information content (AvgIpc) is 2.84. The van der Waals surface area contributed by atoms with Gasteiger partial charge < -0.3 is 0 Å². The maximum atomic E-state index is 14.0. The number of nitrogens with zero attached hydrogens (tertiary/aromatic N) is 2. The summed E-state index contributed by atoms with van der Waals surface area (Å²) in [6.07, 6.45) is 4.25. The quantitative estimate of drug-likeness (QED) is 0.745. The van der Waals surface area contributed by atoms with Crippen molar-refractivity contribution in [3.8, 4) is 11.3 Å². The summed E-state index contributed by atoms with van der Waals surface area (Å²) in [5, 5.41) is 4.41. The zero-order valence-corrected chi connectivity index (χ0v) is 13.0. The Balaban J connectivity index is 2.53. The van der Waals surface area contributed by atoms with Gasteiger partial charge in [-0.2, -0.15) is 5.10 Å². The SMILES string of the molecule is CCC(CC)n1cc(C=O)c(-c2ccc(Br)cc2F)n1. The molecule has 2 aromatic rings. The predicted molar refractivity (Wildman–Crippen MR) is 80.3 cm³/mol. The molecule has 20 heavy (non-hydrogen) atoms. The van der Waals surface area contributed by atoms with Crippen molar-refractivity contribution in [3.05, 3.63) is 40.2 Å². The molecule has 0 aliphatic carbocycles. The zero-order chi connectivity index (χ0) is 14.7. The highest BCUT2D eigenvalue weighted by Crippen LogP contribution is 2.28. The van der Waals surface area contributed by atoms with Gasteiger partial charge in [-0.25, -0.2) is 4.39 Å². The monoisotopic (exact) mass is 338 g/mol. The maximum absolute atomic E-state index is 14.0.